The number of pyridine rings is 1. The van der Waals surface area contributed by atoms with Crippen LogP contribution in [0.15, 0.2) is 66.9 Å². The van der Waals surface area contributed by atoms with Crippen molar-refractivity contribution in [2.24, 2.45) is 0 Å². The summed E-state index contributed by atoms with van der Waals surface area (Å²) < 4.78 is 5.68. The van der Waals surface area contributed by atoms with E-state index in [9.17, 15) is 0 Å². The van der Waals surface area contributed by atoms with Crippen LogP contribution in [0.5, 0.6) is 11.6 Å². The molecule has 0 saturated carbocycles. The predicted octanol–water partition coefficient (Wildman–Crippen LogP) is 4.29. The molecule has 0 amide bonds. The maximum absolute atomic E-state index is 8.96. The van der Waals surface area contributed by atoms with E-state index in [0.717, 1.165) is 22.3 Å². The second-order valence-corrected chi connectivity index (χ2v) is 5.23. The molecule has 2 aromatic heterocycles. The summed E-state index contributed by atoms with van der Waals surface area (Å²) in [5, 5.41) is 8.96. The van der Waals surface area contributed by atoms with Gasteiger partial charge in [0.05, 0.1) is 22.7 Å². The van der Waals surface area contributed by atoms with Gasteiger partial charge in [-0.25, -0.2) is 9.97 Å². The molecule has 0 radical (unpaired) electrons. The average Bonchev–Trinajstić information content (AvgIpc) is 3.06. The van der Waals surface area contributed by atoms with Crippen molar-refractivity contribution in [2.75, 3.05) is 0 Å². The number of benzene rings is 2. The first kappa shape index (κ1) is 14.0. The van der Waals surface area contributed by atoms with Gasteiger partial charge in [0.1, 0.15) is 11.6 Å². The number of nitrogens with zero attached hydrogens (tertiary/aromatic N) is 3. The molecule has 0 atom stereocenters. The van der Waals surface area contributed by atoms with Crippen LogP contribution >= 0.6 is 0 Å². The zero-order valence-corrected chi connectivity index (χ0v) is 12.6. The Labute approximate surface area is 138 Å². The minimum atomic E-state index is 0.521. The molecular formula is C19H12N4O. The van der Waals surface area contributed by atoms with Crippen molar-refractivity contribution >= 4 is 11.0 Å². The smallest absolute Gasteiger partial charge is 0.219 e. The van der Waals surface area contributed by atoms with Gasteiger partial charge in [-0.1, -0.05) is 18.2 Å². The third-order valence-electron chi connectivity index (χ3n) is 3.59. The predicted molar refractivity (Wildman–Crippen MR) is 90.6 cm³/mol. The second-order valence-electron chi connectivity index (χ2n) is 5.23. The van der Waals surface area contributed by atoms with Crippen molar-refractivity contribution in [1.29, 1.82) is 5.26 Å². The van der Waals surface area contributed by atoms with E-state index < -0.39 is 0 Å². The van der Waals surface area contributed by atoms with E-state index >= 15 is 0 Å². The normalized spacial score (nSPS) is 10.5. The highest BCUT2D eigenvalue weighted by atomic mass is 16.5. The van der Waals surface area contributed by atoms with Gasteiger partial charge in [0.2, 0.25) is 5.88 Å². The fourth-order valence-electron chi connectivity index (χ4n) is 2.41. The van der Waals surface area contributed by atoms with Gasteiger partial charge in [0.15, 0.2) is 0 Å². The number of para-hydroxylation sites is 1. The van der Waals surface area contributed by atoms with E-state index in [0.29, 0.717) is 17.3 Å². The second kappa shape index (κ2) is 5.86. The fraction of sp³-hybridized carbons (Fsp3) is 0. The van der Waals surface area contributed by atoms with Crippen LogP contribution in [0.25, 0.3) is 22.4 Å². The molecule has 0 saturated heterocycles. The molecule has 4 rings (SSSR count). The number of fused-ring (bicyclic) bond motifs is 1. The highest BCUT2D eigenvalue weighted by molar-refractivity contribution is 5.80. The quantitative estimate of drug-likeness (QED) is 0.612. The molecule has 0 unspecified atom stereocenters. The Bertz CT molecular complexity index is 1030. The van der Waals surface area contributed by atoms with E-state index in [1.54, 1.807) is 24.4 Å². The molecule has 1 N–H and O–H groups in total. The number of hydrogen-bond donors (Lipinski definition) is 1. The van der Waals surface area contributed by atoms with Crippen molar-refractivity contribution in [3.63, 3.8) is 0 Å². The van der Waals surface area contributed by atoms with Crippen molar-refractivity contribution in [3.05, 3.63) is 72.4 Å². The first-order valence-corrected chi connectivity index (χ1v) is 7.41. The molecule has 0 bridgehead atoms. The lowest BCUT2D eigenvalue weighted by Gasteiger charge is -2.04. The van der Waals surface area contributed by atoms with Crippen molar-refractivity contribution in [3.8, 4) is 29.1 Å². The lowest BCUT2D eigenvalue weighted by Crippen LogP contribution is -1.88. The number of ether oxygens (including phenoxy) is 1. The SMILES string of the molecule is N#Cc1ccc2nc(-c3ccc(Oc4ccccc4)nc3)[nH]c2c1. The molecule has 5 heteroatoms. The number of nitriles is 1. The molecular weight excluding hydrogens is 300 g/mol. The summed E-state index contributed by atoms with van der Waals surface area (Å²) in [5.74, 6) is 1.97. The lowest BCUT2D eigenvalue weighted by molar-refractivity contribution is 0.463. The summed E-state index contributed by atoms with van der Waals surface area (Å²) in [4.78, 5) is 12.1. The van der Waals surface area contributed by atoms with Gasteiger partial charge >= 0.3 is 0 Å². The van der Waals surface area contributed by atoms with Crippen LogP contribution in [0.2, 0.25) is 0 Å². The average molecular weight is 312 g/mol. The van der Waals surface area contributed by atoms with Crippen LogP contribution in [-0.2, 0) is 0 Å². The molecule has 0 aliphatic heterocycles. The van der Waals surface area contributed by atoms with Crippen LogP contribution in [-0.4, -0.2) is 15.0 Å². The van der Waals surface area contributed by atoms with Gasteiger partial charge in [0, 0.05) is 17.8 Å². The molecule has 0 aliphatic carbocycles. The van der Waals surface area contributed by atoms with Crippen molar-refractivity contribution in [2.45, 2.75) is 0 Å². The highest BCUT2D eigenvalue weighted by Crippen LogP contribution is 2.24. The molecule has 0 aliphatic rings. The number of aromatic amines is 1. The molecule has 5 nitrogen and oxygen atoms in total. The van der Waals surface area contributed by atoms with Gasteiger partial charge in [-0.15, -0.1) is 0 Å². The van der Waals surface area contributed by atoms with E-state index in [4.69, 9.17) is 10.00 Å². The fourth-order valence-corrected chi connectivity index (χ4v) is 2.41. The first-order chi connectivity index (χ1) is 11.8. The molecule has 4 aromatic rings. The largest absolute Gasteiger partial charge is 0.439 e. The number of imidazole rings is 1. The maximum atomic E-state index is 8.96. The number of hydrogen-bond acceptors (Lipinski definition) is 4. The number of H-pyrrole nitrogens is 1. The Balaban J connectivity index is 1.62. The van der Waals surface area contributed by atoms with Gasteiger partial charge in [0.25, 0.3) is 0 Å². The molecule has 24 heavy (non-hydrogen) atoms. The summed E-state index contributed by atoms with van der Waals surface area (Å²) in [6.07, 6.45) is 1.71. The van der Waals surface area contributed by atoms with Gasteiger partial charge in [-0.05, 0) is 36.4 Å². The van der Waals surface area contributed by atoms with E-state index in [2.05, 4.69) is 21.0 Å². The Morgan fingerprint density at radius 3 is 2.62 bits per heavy atom. The summed E-state index contributed by atoms with van der Waals surface area (Å²) in [5.41, 5.74) is 3.09. The van der Waals surface area contributed by atoms with E-state index in [-0.39, 0.29) is 0 Å². The van der Waals surface area contributed by atoms with Gasteiger partial charge in [-0.2, -0.15) is 5.26 Å². The monoisotopic (exact) mass is 312 g/mol. The Hall–Kier alpha value is -3.65. The molecule has 114 valence electrons. The Kier molecular flexibility index (Phi) is 3.41. The molecule has 2 aromatic carbocycles. The lowest BCUT2D eigenvalue weighted by atomic mass is 10.2. The van der Waals surface area contributed by atoms with Crippen LogP contribution in [0.4, 0.5) is 0 Å². The van der Waals surface area contributed by atoms with Crippen LogP contribution in [0.1, 0.15) is 5.56 Å². The Morgan fingerprint density at radius 1 is 1.00 bits per heavy atom. The third-order valence-corrected chi connectivity index (χ3v) is 3.59. The maximum Gasteiger partial charge on any atom is 0.219 e. The molecule has 2 heterocycles. The zero-order chi connectivity index (χ0) is 16.4. The summed E-state index contributed by atoms with van der Waals surface area (Å²) in [6.45, 7) is 0. The van der Waals surface area contributed by atoms with Crippen molar-refractivity contribution in [1.82, 2.24) is 15.0 Å². The standard InChI is InChI=1S/C19H12N4O/c20-11-13-6-8-16-17(10-13)23-19(22-16)14-7-9-18(21-12-14)24-15-4-2-1-3-5-15/h1-10,12H,(H,22,23). The number of nitrogens with one attached hydrogen (secondary N) is 1. The summed E-state index contributed by atoms with van der Waals surface area (Å²) in [6, 6.07) is 20.7. The highest BCUT2D eigenvalue weighted by Gasteiger charge is 2.07. The molecule has 0 spiro atoms. The summed E-state index contributed by atoms with van der Waals surface area (Å²) in [7, 11) is 0. The minimum absolute atomic E-state index is 0.521. The summed E-state index contributed by atoms with van der Waals surface area (Å²) >= 11 is 0. The van der Waals surface area contributed by atoms with Gasteiger partial charge < -0.3 is 9.72 Å². The van der Waals surface area contributed by atoms with Crippen LogP contribution in [0.3, 0.4) is 0 Å². The number of aromatic nitrogens is 3. The number of rotatable bonds is 3. The topological polar surface area (TPSA) is 74.6 Å². The van der Waals surface area contributed by atoms with Crippen LogP contribution in [0, 0.1) is 11.3 Å². The molecule has 0 fully saturated rings. The Morgan fingerprint density at radius 2 is 1.88 bits per heavy atom. The van der Waals surface area contributed by atoms with E-state index in [1.807, 2.05) is 42.5 Å². The van der Waals surface area contributed by atoms with Gasteiger partial charge in [-0.3, -0.25) is 0 Å². The first-order valence-electron chi connectivity index (χ1n) is 7.41. The van der Waals surface area contributed by atoms with Crippen molar-refractivity contribution < 1.29 is 4.74 Å². The minimum Gasteiger partial charge on any atom is -0.439 e. The third kappa shape index (κ3) is 2.69. The van der Waals surface area contributed by atoms with Crippen LogP contribution < -0.4 is 4.74 Å². The zero-order valence-electron chi connectivity index (χ0n) is 12.6. The van der Waals surface area contributed by atoms with E-state index in [1.165, 1.54) is 0 Å².